The number of nitrogen functional groups attached to an aromatic ring is 2. The Balaban J connectivity index is 1.98. The summed E-state index contributed by atoms with van der Waals surface area (Å²) in [6.45, 7) is -2.35. The molecule has 10 nitrogen and oxygen atoms in total. The van der Waals surface area contributed by atoms with Gasteiger partial charge in [-0.15, -0.1) is 0 Å². The fourth-order valence-corrected chi connectivity index (χ4v) is 2.69. The number of pyridine rings is 1. The molecule has 0 aliphatic heterocycles. The number of anilines is 4. The van der Waals surface area contributed by atoms with Crippen LogP contribution in [0.15, 0.2) is 42.6 Å². The highest BCUT2D eigenvalue weighted by atomic mass is 19.1. The lowest BCUT2D eigenvalue weighted by molar-refractivity contribution is 0.180. The van der Waals surface area contributed by atoms with Gasteiger partial charge >= 0.3 is 6.09 Å². The van der Waals surface area contributed by atoms with Crippen molar-refractivity contribution >= 4 is 34.9 Å². The molecule has 0 atom stereocenters. The summed E-state index contributed by atoms with van der Waals surface area (Å²) in [5, 5.41) is 11.1. The van der Waals surface area contributed by atoms with E-state index in [2.05, 4.69) is 25.0 Å². The molecule has 1 aromatic carbocycles. The largest absolute Gasteiger partial charge is 0.452 e. The van der Waals surface area contributed by atoms with Crippen LogP contribution in [0, 0.1) is 11.2 Å². The molecule has 3 rings (SSSR count). The van der Waals surface area contributed by atoms with Gasteiger partial charge in [0, 0.05) is 30.9 Å². The number of nitrogens with two attached hydrogens (primary N) is 2. The highest BCUT2D eigenvalue weighted by molar-refractivity contribution is 6.12. The monoisotopic (exact) mass is 426 g/mol. The zero-order valence-electron chi connectivity index (χ0n) is 18.7. The molecule has 160 valence electrons. The summed E-state index contributed by atoms with van der Waals surface area (Å²) in [7, 11) is 2.56. The number of nitrogens with one attached hydrogen (secondary N) is 2. The second kappa shape index (κ2) is 9.03. The second-order valence-electron chi connectivity index (χ2n) is 6.20. The van der Waals surface area contributed by atoms with Gasteiger partial charge in [0.25, 0.3) is 0 Å². The quantitative estimate of drug-likeness (QED) is 0.438. The van der Waals surface area contributed by atoms with E-state index in [0.717, 1.165) is 11.0 Å². The molecule has 0 fully saturated rings. The summed E-state index contributed by atoms with van der Waals surface area (Å²) in [6.07, 6.45) is 0.642. The molecule has 0 saturated carbocycles. The minimum absolute atomic E-state index is 0.0128. The number of aromatic nitrogens is 3. The summed E-state index contributed by atoms with van der Waals surface area (Å²) in [4.78, 5) is 25.0. The van der Waals surface area contributed by atoms with Gasteiger partial charge in [-0.25, -0.2) is 24.1 Å². The van der Waals surface area contributed by atoms with Crippen molar-refractivity contribution < 1.29 is 16.7 Å². The van der Waals surface area contributed by atoms with Gasteiger partial charge in [-0.2, -0.15) is 0 Å². The number of hydrogen-bond acceptors (Lipinski definition) is 9. The van der Waals surface area contributed by atoms with Crippen LogP contribution in [0.5, 0.6) is 0 Å². The van der Waals surface area contributed by atoms with E-state index in [9.17, 15) is 9.18 Å². The fraction of sp³-hybridized carbons (Fsp3) is 0.150. The minimum Gasteiger partial charge on any atom is -0.452 e. The summed E-state index contributed by atoms with van der Waals surface area (Å²) in [5.41, 5.74) is 11.5. The van der Waals surface area contributed by atoms with E-state index in [1.54, 1.807) is 0 Å². The number of carbonyl (C=O) groups is 1. The fourth-order valence-electron chi connectivity index (χ4n) is 2.69. The van der Waals surface area contributed by atoms with Gasteiger partial charge in [-0.3, -0.25) is 10.3 Å². The molecule has 31 heavy (non-hydrogen) atoms. The lowest BCUT2D eigenvalue weighted by Gasteiger charge is -2.19. The summed E-state index contributed by atoms with van der Waals surface area (Å²) in [5.74, 6) is -1.32. The van der Waals surface area contributed by atoms with E-state index in [0.29, 0.717) is 0 Å². The van der Waals surface area contributed by atoms with Gasteiger partial charge < -0.3 is 21.5 Å². The van der Waals surface area contributed by atoms with Crippen molar-refractivity contribution in [3.05, 3.63) is 65.4 Å². The molecule has 2 aromatic heterocycles. The number of methoxy groups -OCH3 is 1. The van der Waals surface area contributed by atoms with Crippen LogP contribution >= 0.6 is 0 Å². The highest BCUT2D eigenvalue weighted by Crippen LogP contribution is 2.28. The molecule has 11 heteroatoms. The Kier molecular flexibility index (Phi) is 5.46. The van der Waals surface area contributed by atoms with E-state index in [-0.39, 0.29) is 45.8 Å². The zero-order valence-corrected chi connectivity index (χ0v) is 16.7. The number of benzene rings is 1. The maximum Gasteiger partial charge on any atom is 0.413 e. The lowest BCUT2D eigenvalue weighted by atomic mass is 10.1. The summed E-state index contributed by atoms with van der Waals surface area (Å²) in [6, 6.07) is 8.41. The number of hydrogen-bond donors (Lipinski definition) is 4. The van der Waals surface area contributed by atoms with Crippen molar-refractivity contribution in [2.45, 2.75) is 6.50 Å². The number of carbonyl (C=O) groups excluding carboxylic acids is 1. The molecule has 0 bridgehead atoms. The zero-order chi connectivity index (χ0) is 24.3. The highest BCUT2D eigenvalue weighted by Gasteiger charge is 2.22. The molecule has 2 heterocycles. The molecule has 0 aliphatic rings. The van der Waals surface area contributed by atoms with Crippen LogP contribution in [0.3, 0.4) is 0 Å². The van der Waals surface area contributed by atoms with E-state index < -0.39 is 18.4 Å². The number of halogens is 1. The average Bonchev–Trinajstić information content (AvgIpc) is 2.77. The number of nitrogens with zero attached hydrogens (tertiary/aromatic N) is 4. The Morgan fingerprint density at radius 1 is 1.26 bits per heavy atom. The smallest absolute Gasteiger partial charge is 0.413 e. The van der Waals surface area contributed by atoms with Crippen LogP contribution < -0.4 is 21.7 Å². The SMILES string of the molecule is [2H]C([2H])(Nc1ncccc1C(=N)c1nc(N)c(N(C)C(=O)OC)c(N)n1)c1ccccc1F. The summed E-state index contributed by atoms with van der Waals surface area (Å²) < 4.78 is 35.3. The van der Waals surface area contributed by atoms with Gasteiger partial charge in [0.15, 0.2) is 17.5 Å². The van der Waals surface area contributed by atoms with Crippen molar-refractivity contribution in [1.82, 2.24) is 15.0 Å². The number of ether oxygens (including phenoxy) is 1. The first-order valence-corrected chi connectivity index (χ1v) is 8.89. The number of amides is 1. The van der Waals surface area contributed by atoms with Crippen molar-refractivity contribution in [2.24, 2.45) is 0 Å². The van der Waals surface area contributed by atoms with Gasteiger partial charge in [0.05, 0.1) is 9.85 Å². The van der Waals surface area contributed by atoms with Crippen LogP contribution in [0.1, 0.15) is 19.7 Å². The lowest BCUT2D eigenvalue weighted by Crippen LogP contribution is -2.29. The van der Waals surface area contributed by atoms with Gasteiger partial charge in [0.1, 0.15) is 23.0 Å². The maximum atomic E-state index is 14.2. The molecule has 0 saturated heterocycles. The van der Waals surface area contributed by atoms with Crippen LogP contribution in [0.4, 0.5) is 32.3 Å². The molecule has 0 radical (unpaired) electrons. The van der Waals surface area contributed by atoms with Crippen LogP contribution in [-0.4, -0.2) is 40.9 Å². The molecule has 0 aliphatic carbocycles. The molecule has 0 spiro atoms. The van der Waals surface area contributed by atoms with Gasteiger partial charge in [-0.1, -0.05) is 18.2 Å². The van der Waals surface area contributed by atoms with Gasteiger partial charge in [-0.05, 0) is 18.2 Å². The molecule has 3 aromatic rings. The van der Waals surface area contributed by atoms with Crippen molar-refractivity contribution in [2.75, 3.05) is 35.8 Å². The van der Waals surface area contributed by atoms with E-state index in [1.807, 2.05) is 0 Å². The van der Waals surface area contributed by atoms with Gasteiger partial charge in [0.2, 0.25) is 0 Å². The van der Waals surface area contributed by atoms with Crippen LogP contribution in [-0.2, 0) is 11.2 Å². The van der Waals surface area contributed by atoms with Crippen molar-refractivity contribution in [3.63, 3.8) is 0 Å². The first kappa shape index (κ1) is 18.7. The Morgan fingerprint density at radius 2 is 1.94 bits per heavy atom. The molecule has 1 amide bonds. The molecule has 6 N–H and O–H groups in total. The third-order valence-electron chi connectivity index (χ3n) is 4.21. The average molecular weight is 426 g/mol. The minimum atomic E-state index is -2.35. The Hall–Kier alpha value is -4.28. The van der Waals surface area contributed by atoms with Crippen LogP contribution in [0.25, 0.3) is 0 Å². The molecule has 0 unspecified atom stereocenters. The topological polar surface area (TPSA) is 156 Å². The third-order valence-corrected chi connectivity index (χ3v) is 4.21. The van der Waals surface area contributed by atoms with E-state index in [4.69, 9.17) is 19.6 Å². The normalized spacial score (nSPS) is 11.8. The molecular formula is C20H21FN8O2. The summed E-state index contributed by atoms with van der Waals surface area (Å²) >= 11 is 0. The van der Waals surface area contributed by atoms with Crippen LogP contribution in [0.2, 0.25) is 0 Å². The first-order chi connectivity index (χ1) is 15.6. The number of rotatable bonds is 6. The van der Waals surface area contributed by atoms with Crippen molar-refractivity contribution in [1.29, 1.82) is 5.41 Å². The Bertz CT molecular complexity index is 1200. The second-order valence-corrected chi connectivity index (χ2v) is 6.20. The third kappa shape index (κ3) is 4.50. The standard InChI is InChI=1S/C20H21FN8O2/c1-29(20(30)31-2)15-16(23)27-19(28-17(15)24)14(22)12-7-5-9-25-18(12)26-10-11-6-3-4-8-13(11)21/h3-9,22H,10H2,1-2H3,(H,25,26)(H4,23,24,27,28)/i10D2. The first-order valence-electron chi connectivity index (χ1n) is 9.89. The maximum absolute atomic E-state index is 14.2. The predicted octanol–water partition coefficient (Wildman–Crippen LogP) is 2.41. The molecular weight excluding hydrogens is 403 g/mol. The van der Waals surface area contributed by atoms with E-state index in [1.165, 1.54) is 50.7 Å². The Labute approximate surface area is 180 Å². The van der Waals surface area contributed by atoms with E-state index >= 15 is 0 Å². The predicted molar refractivity (Wildman–Crippen MR) is 116 cm³/mol. The Morgan fingerprint density at radius 3 is 2.58 bits per heavy atom. The van der Waals surface area contributed by atoms with Crippen molar-refractivity contribution in [3.8, 4) is 0 Å².